The van der Waals surface area contributed by atoms with Gasteiger partial charge in [-0.3, -0.25) is 10.1 Å². The van der Waals surface area contributed by atoms with Crippen LogP contribution >= 0.6 is 0 Å². The van der Waals surface area contributed by atoms with E-state index in [1.807, 2.05) is 6.92 Å². The Hall–Kier alpha value is -1.65. The molecule has 0 unspecified atom stereocenters. The number of hydrogen-bond donors (Lipinski definition) is 1. The topological polar surface area (TPSA) is 68.1 Å². The zero-order chi connectivity index (χ0) is 11.4. The molecule has 0 radical (unpaired) electrons. The minimum absolute atomic E-state index is 0.0302. The SMILES string of the molecule is Cc1cc([N+](=O)[O-])cnc1NCC(C)C. The second-order valence-electron chi connectivity index (χ2n) is 3.89. The highest BCUT2D eigenvalue weighted by Crippen LogP contribution is 2.17. The van der Waals surface area contributed by atoms with Crippen molar-refractivity contribution in [1.29, 1.82) is 0 Å². The van der Waals surface area contributed by atoms with Gasteiger partial charge in [-0.2, -0.15) is 0 Å². The summed E-state index contributed by atoms with van der Waals surface area (Å²) in [6.45, 7) is 6.80. The molecule has 1 N–H and O–H groups in total. The summed E-state index contributed by atoms with van der Waals surface area (Å²) in [5.41, 5.74) is 0.826. The Balaban J connectivity index is 2.79. The van der Waals surface area contributed by atoms with E-state index in [1.165, 1.54) is 12.3 Å². The zero-order valence-electron chi connectivity index (χ0n) is 9.15. The van der Waals surface area contributed by atoms with Crippen LogP contribution in [0.3, 0.4) is 0 Å². The molecular formula is C10H15N3O2. The molecule has 0 atom stereocenters. The van der Waals surface area contributed by atoms with Crippen molar-refractivity contribution in [3.05, 3.63) is 27.9 Å². The fourth-order valence-corrected chi connectivity index (χ4v) is 1.15. The highest BCUT2D eigenvalue weighted by Gasteiger charge is 2.09. The second-order valence-corrected chi connectivity index (χ2v) is 3.89. The molecule has 0 saturated heterocycles. The Kier molecular flexibility index (Phi) is 3.60. The van der Waals surface area contributed by atoms with Crippen LogP contribution in [-0.4, -0.2) is 16.5 Å². The largest absolute Gasteiger partial charge is 0.370 e. The van der Waals surface area contributed by atoms with Crippen LogP contribution in [0.4, 0.5) is 11.5 Å². The van der Waals surface area contributed by atoms with Gasteiger partial charge in [0.25, 0.3) is 5.69 Å². The van der Waals surface area contributed by atoms with Crippen LogP contribution in [0.1, 0.15) is 19.4 Å². The van der Waals surface area contributed by atoms with Gasteiger partial charge in [0.15, 0.2) is 0 Å². The van der Waals surface area contributed by atoms with Crippen LogP contribution in [0.5, 0.6) is 0 Å². The van der Waals surface area contributed by atoms with Gasteiger partial charge in [-0.05, 0) is 18.4 Å². The molecule has 0 aliphatic heterocycles. The van der Waals surface area contributed by atoms with Gasteiger partial charge in [-0.25, -0.2) is 4.98 Å². The first-order valence-corrected chi connectivity index (χ1v) is 4.85. The van der Waals surface area contributed by atoms with E-state index in [4.69, 9.17) is 0 Å². The number of pyridine rings is 1. The summed E-state index contributed by atoms with van der Waals surface area (Å²) in [6.07, 6.45) is 1.27. The van der Waals surface area contributed by atoms with E-state index in [0.29, 0.717) is 11.7 Å². The molecule has 0 aliphatic rings. The molecule has 1 aromatic rings. The van der Waals surface area contributed by atoms with E-state index in [0.717, 1.165) is 12.1 Å². The predicted octanol–water partition coefficient (Wildman–Crippen LogP) is 2.37. The molecule has 5 nitrogen and oxygen atoms in total. The van der Waals surface area contributed by atoms with E-state index >= 15 is 0 Å². The van der Waals surface area contributed by atoms with Crippen LogP contribution in [0.2, 0.25) is 0 Å². The van der Waals surface area contributed by atoms with E-state index in [1.54, 1.807) is 0 Å². The maximum atomic E-state index is 10.5. The van der Waals surface area contributed by atoms with Crippen LogP contribution in [0.25, 0.3) is 0 Å². The van der Waals surface area contributed by atoms with Crippen LogP contribution in [0.15, 0.2) is 12.3 Å². The first-order chi connectivity index (χ1) is 7.00. The minimum Gasteiger partial charge on any atom is -0.370 e. The average Bonchev–Trinajstić information content (AvgIpc) is 2.15. The number of nitrogens with one attached hydrogen (secondary N) is 1. The summed E-state index contributed by atoms with van der Waals surface area (Å²) in [5, 5.41) is 13.6. The van der Waals surface area contributed by atoms with Crippen molar-refractivity contribution in [2.75, 3.05) is 11.9 Å². The van der Waals surface area contributed by atoms with Gasteiger partial charge in [-0.1, -0.05) is 13.8 Å². The molecule has 0 aromatic carbocycles. The average molecular weight is 209 g/mol. The summed E-state index contributed by atoms with van der Waals surface area (Å²) in [4.78, 5) is 14.1. The number of hydrogen-bond acceptors (Lipinski definition) is 4. The van der Waals surface area contributed by atoms with Crippen LogP contribution in [-0.2, 0) is 0 Å². The Labute approximate surface area is 88.7 Å². The Bertz CT molecular complexity index is 364. The fraction of sp³-hybridized carbons (Fsp3) is 0.500. The number of aryl methyl sites for hydroxylation is 1. The highest BCUT2D eigenvalue weighted by atomic mass is 16.6. The first kappa shape index (κ1) is 11.4. The standard InChI is InChI=1S/C10H15N3O2/c1-7(2)5-11-10-8(3)4-9(6-12-10)13(14)15/h4,6-7H,5H2,1-3H3,(H,11,12). The molecule has 0 bridgehead atoms. The molecular weight excluding hydrogens is 194 g/mol. The third kappa shape index (κ3) is 3.19. The van der Waals surface area contributed by atoms with E-state index in [2.05, 4.69) is 24.1 Å². The lowest BCUT2D eigenvalue weighted by atomic mass is 10.2. The molecule has 0 saturated carbocycles. The maximum Gasteiger partial charge on any atom is 0.287 e. The maximum absolute atomic E-state index is 10.5. The van der Waals surface area contributed by atoms with Gasteiger partial charge in [0, 0.05) is 12.6 Å². The van der Waals surface area contributed by atoms with E-state index < -0.39 is 4.92 Å². The summed E-state index contributed by atoms with van der Waals surface area (Å²) >= 11 is 0. The minimum atomic E-state index is -0.438. The van der Waals surface area contributed by atoms with Crippen molar-refractivity contribution in [2.24, 2.45) is 5.92 Å². The quantitative estimate of drug-likeness (QED) is 0.610. The zero-order valence-corrected chi connectivity index (χ0v) is 9.15. The molecule has 15 heavy (non-hydrogen) atoms. The number of rotatable bonds is 4. The molecule has 1 aromatic heterocycles. The second kappa shape index (κ2) is 4.72. The lowest BCUT2D eigenvalue weighted by Crippen LogP contribution is -2.10. The number of aromatic nitrogens is 1. The van der Waals surface area contributed by atoms with Gasteiger partial charge in [0.1, 0.15) is 12.0 Å². The monoisotopic (exact) mass is 209 g/mol. The molecule has 1 heterocycles. The molecule has 0 aliphatic carbocycles. The lowest BCUT2D eigenvalue weighted by molar-refractivity contribution is -0.385. The van der Waals surface area contributed by atoms with Crippen molar-refractivity contribution in [2.45, 2.75) is 20.8 Å². The summed E-state index contributed by atoms with van der Waals surface area (Å²) in [7, 11) is 0. The number of nitrogens with zero attached hydrogens (tertiary/aromatic N) is 2. The van der Waals surface area contributed by atoms with Gasteiger partial charge in [0.05, 0.1) is 4.92 Å². The van der Waals surface area contributed by atoms with Crippen molar-refractivity contribution < 1.29 is 4.92 Å². The molecule has 5 heteroatoms. The molecule has 82 valence electrons. The molecule has 0 fully saturated rings. The van der Waals surface area contributed by atoms with Crippen LogP contribution in [0, 0.1) is 23.0 Å². The van der Waals surface area contributed by atoms with Crippen molar-refractivity contribution >= 4 is 11.5 Å². The van der Waals surface area contributed by atoms with Gasteiger partial charge in [0.2, 0.25) is 0 Å². The van der Waals surface area contributed by atoms with Gasteiger partial charge < -0.3 is 5.32 Å². The predicted molar refractivity (Wildman–Crippen MR) is 59.0 cm³/mol. The Morgan fingerprint density at radius 3 is 2.73 bits per heavy atom. The first-order valence-electron chi connectivity index (χ1n) is 4.85. The lowest BCUT2D eigenvalue weighted by Gasteiger charge is -2.09. The third-order valence-corrected chi connectivity index (χ3v) is 1.95. The van der Waals surface area contributed by atoms with Gasteiger partial charge >= 0.3 is 0 Å². The smallest absolute Gasteiger partial charge is 0.287 e. The summed E-state index contributed by atoms with van der Waals surface area (Å²) in [5.74, 6) is 1.23. The van der Waals surface area contributed by atoms with E-state index in [9.17, 15) is 10.1 Å². The van der Waals surface area contributed by atoms with Crippen molar-refractivity contribution in [1.82, 2.24) is 4.98 Å². The summed E-state index contributed by atoms with van der Waals surface area (Å²) in [6, 6.07) is 1.52. The van der Waals surface area contributed by atoms with Crippen molar-refractivity contribution in [3.63, 3.8) is 0 Å². The molecule has 0 amide bonds. The Morgan fingerprint density at radius 2 is 2.27 bits per heavy atom. The van der Waals surface area contributed by atoms with E-state index in [-0.39, 0.29) is 5.69 Å². The van der Waals surface area contributed by atoms with Crippen molar-refractivity contribution in [3.8, 4) is 0 Å². The third-order valence-electron chi connectivity index (χ3n) is 1.95. The van der Waals surface area contributed by atoms with Crippen LogP contribution < -0.4 is 5.32 Å². The fourth-order valence-electron chi connectivity index (χ4n) is 1.15. The normalized spacial score (nSPS) is 10.4. The molecule has 1 rings (SSSR count). The molecule has 0 spiro atoms. The van der Waals surface area contributed by atoms with Gasteiger partial charge in [-0.15, -0.1) is 0 Å². The number of anilines is 1. The Morgan fingerprint density at radius 1 is 1.60 bits per heavy atom. The highest BCUT2D eigenvalue weighted by molar-refractivity contribution is 5.48. The number of nitro groups is 1. The summed E-state index contributed by atoms with van der Waals surface area (Å²) < 4.78 is 0.